The fourth-order valence-electron chi connectivity index (χ4n) is 2.39. The van der Waals surface area contributed by atoms with Gasteiger partial charge in [0.05, 0.1) is 25.0 Å². The fourth-order valence-corrected chi connectivity index (χ4v) is 2.96. The van der Waals surface area contributed by atoms with Crippen molar-refractivity contribution in [2.45, 2.75) is 24.7 Å². The van der Waals surface area contributed by atoms with Crippen LogP contribution < -0.4 is 0 Å². The molecule has 0 heterocycles. The zero-order chi connectivity index (χ0) is 12.5. The summed E-state index contributed by atoms with van der Waals surface area (Å²) in [5.74, 6) is -0.334. The summed E-state index contributed by atoms with van der Waals surface area (Å²) < 4.78 is 5.69. The van der Waals surface area contributed by atoms with E-state index in [0.29, 0.717) is 6.42 Å². The highest BCUT2D eigenvalue weighted by molar-refractivity contribution is 9.10. The van der Waals surface area contributed by atoms with Gasteiger partial charge in [0.15, 0.2) is 0 Å². The predicted octanol–water partition coefficient (Wildman–Crippen LogP) is 2.72. The van der Waals surface area contributed by atoms with Crippen LogP contribution in [-0.2, 0) is 21.4 Å². The second-order valence-corrected chi connectivity index (χ2v) is 5.07. The van der Waals surface area contributed by atoms with Crippen LogP contribution in [0.1, 0.15) is 24.0 Å². The highest BCUT2D eigenvalue weighted by Crippen LogP contribution is 2.43. The second kappa shape index (κ2) is 4.50. The number of esters is 1. The lowest BCUT2D eigenvalue weighted by atomic mass is 9.80. The number of carbonyl (C=O) groups is 1. The van der Waals surface area contributed by atoms with Gasteiger partial charge in [-0.05, 0) is 30.0 Å². The Morgan fingerprint density at radius 1 is 1.65 bits per heavy atom. The Balaban J connectivity index is 2.45. The highest BCUT2D eigenvalue weighted by atomic mass is 79.9. The molecule has 3 nitrogen and oxygen atoms in total. The molecule has 1 aliphatic rings. The number of carbonyl (C=O) groups excluding carboxylic acids is 1. The molecular formula is C13H12BrNO2. The van der Waals surface area contributed by atoms with Crippen molar-refractivity contribution in [3.8, 4) is 6.07 Å². The van der Waals surface area contributed by atoms with Crippen molar-refractivity contribution in [1.82, 2.24) is 0 Å². The summed E-state index contributed by atoms with van der Waals surface area (Å²) in [6.07, 6.45) is 1.63. The summed E-state index contributed by atoms with van der Waals surface area (Å²) in [6.45, 7) is 0. The molecule has 0 N–H and O–H groups in total. The van der Waals surface area contributed by atoms with Crippen molar-refractivity contribution in [3.63, 3.8) is 0 Å². The number of nitrogens with zero attached hydrogens (tertiary/aromatic N) is 1. The van der Waals surface area contributed by atoms with Crippen LogP contribution in [0.2, 0.25) is 0 Å². The molecule has 1 unspecified atom stereocenters. The summed E-state index contributed by atoms with van der Waals surface area (Å²) in [6, 6.07) is 8.10. The van der Waals surface area contributed by atoms with Gasteiger partial charge in [0.25, 0.3) is 0 Å². The summed E-state index contributed by atoms with van der Waals surface area (Å²) in [4.78, 5) is 11.4. The molecule has 1 atom stereocenters. The maximum Gasteiger partial charge on any atom is 0.307 e. The third-order valence-electron chi connectivity index (χ3n) is 3.32. The maximum atomic E-state index is 11.4. The minimum absolute atomic E-state index is 0.128. The number of hydrogen-bond donors (Lipinski definition) is 0. The Kier molecular flexibility index (Phi) is 3.21. The third kappa shape index (κ3) is 1.96. The lowest BCUT2D eigenvalue weighted by Crippen LogP contribution is -2.25. The number of methoxy groups -OCH3 is 1. The van der Waals surface area contributed by atoms with E-state index in [2.05, 4.69) is 26.7 Å². The first-order valence-corrected chi connectivity index (χ1v) is 6.18. The van der Waals surface area contributed by atoms with Gasteiger partial charge in [0.1, 0.15) is 0 Å². The Bertz CT molecular complexity index is 507. The van der Waals surface area contributed by atoms with Crippen molar-refractivity contribution in [3.05, 3.63) is 33.8 Å². The Labute approximate surface area is 109 Å². The zero-order valence-electron chi connectivity index (χ0n) is 9.50. The van der Waals surface area contributed by atoms with Gasteiger partial charge in [-0.2, -0.15) is 5.26 Å². The van der Waals surface area contributed by atoms with Crippen LogP contribution in [0.15, 0.2) is 22.7 Å². The molecule has 0 aromatic heterocycles. The molecule has 17 heavy (non-hydrogen) atoms. The third-order valence-corrected chi connectivity index (χ3v) is 4.07. The number of ether oxygens (including phenoxy) is 1. The summed E-state index contributed by atoms with van der Waals surface area (Å²) in [7, 11) is 1.35. The first-order valence-electron chi connectivity index (χ1n) is 5.39. The largest absolute Gasteiger partial charge is 0.469 e. The molecule has 4 heteroatoms. The van der Waals surface area contributed by atoms with Crippen molar-refractivity contribution in [1.29, 1.82) is 5.26 Å². The van der Waals surface area contributed by atoms with E-state index in [1.807, 2.05) is 18.2 Å². The van der Waals surface area contributed by atoms with Crippen molar-refractivity contribution >= 4 is 21.9 Å². The van der Waals surface area contributed by atoms with E-state index in [0.717, 1.165) is 22.0 Å². The van der Waals surface area contributed by atoms with Gasteiger partial charge in [-0.25, -0.2) is 0 Å². The Hall–Kier alpha value is -1.34. The SMILES string of the molecule is COC(=O)CC1(C#N)CCc2c(Br)cccc21. The van der Waals surface area contributed by atoms with Gasteiger partial charge in [0, 0.05) is 4.47 Å². The quantitative estimate of drug-likeness (QED) is 0.788. The second-order valence-electron chi connectivity index (χ2n) is 4.21. The van der Waals surface area contributed by atoms with E-state index in [4.69, 9.17) is 0 Å². The summed E-state index contributed by atoms with van der Waals surface area (Å²) in [5, 5.41) is 9.43. The van der Waals surface area contributed by atoms with Crippen LogP contribution in [0.4, 0.5) is 0 Å². The molecule has 0 fully saturated rings. The first kappa shape index (κ1) is 12.1. The summed E-state index contributed by atoms with van der Waals surface area (Å²) >= 11 is 3.49. The van der Waals surface area contributed by atoms with Crippen LogP contribution in [0.25, 0.3) is 0 Å². The standard InChI is InChI=1S/C13H12BrNO2/c1-17-12(16)7-13(8-15)6-5-9-10(13)3-2-4-11(9)14/h2-4H,5-7H2,1H3. The fraction of sp³-hybridized carbons (Fsp3) is 0.385. The van der Waals surface area contributed by atoms with Crippen LogP contribution in [0.3, 0.4) is 0 Å². The van der Waals surface area contributed by atoms with Crippen LogP contribution in [0.5, 0.6) is 0 Å². The van der Waals surface area contributed by atoms with E-state index < -0.39 is 5.41 Å². The van der Waals surface area contributed by atoms with Gasteiger partial charge >= 0.3 is 5.97 Å². The maximum absolute atomic E-state index is 11.4. The molecule has 0 amide bonds. The van der Waals surface area contributed by atoms with E-state index in [1.165, 1.54) is 7.11 Å². The lowest BCUT2D eigenvalue weighted by Gasteiger charge is -2.20. The van der Waals surface area contributed by atoms with Gasteiger partial charge < -0.3 is 4.74 Å². The molecule has 0 spiro atoms. The van der Waals surface area contributed by atoms with E-state index in [-0.39, 0.29) is 12.4 Å². The monoisotopic (exact) mass is 293 g/mol. The van der Waals surface area contributed by atoms with E-state index in [9.17, 15) is 10.1 Å². The van der Waals surface area contributed by atoms with E-state index in [1.54, 1.807) is 0 Å². The minimum atomic E-state index is -0.716. The van der Waals surface area contributed by atoms with Crippen molar-refractivity contribution in [2.75, 3.05) is 7.11 Å². The van der Waals surface area contributed by atoms with Crippen LogP contribution in [0, 0.1) is 11.3 Å². The molecule has 0 saturated heterocycles. The topological polar surface area (TPSA) is 50.1 Å². The van der Waals surface area contributed by atoms with Gasteiger partial charge in [-0.15, -0.1) is 0 Å². The number of hydrogen-bond acceptors (Lipinski definition) is 3. The smallest absolute Gasteiger partial charge is 0.307 e. The van der Waals surface area contributed by atoms with Crippen molar-refractivity contribution < 1.29 is 9.53 Å². The Morgan fingerprint density at radius 2 is 2.41 bits per heavy atom. The predicted molar refractivity (Wildman–Crippen MR) is 66.4 cm³/mol. The molecular weight excluding hydrogens is 282 g/mol. The summed E-state index contributed by atoms with van der Waals surface area (Å²) in [5.41, 5.74) is 1.38. The van der Waals surface area contributed by atoms with Crippen LogP contribution >= 0.6 is 15.9 Å². The van der Waals surface area contributed by atoms with Crippen molar-refractivity contribution in [2.24, 2.45) is 0 Å². The zero-order valence-corrected chi connectivity index (χ0v) is 11.1. The molecule has 2 rings (SSSR count). The number of benzene rings is 1. The van der Waals surface area contributed by atoms with Gasteiger partial charge in [-0.3, -0.25) is 4.79 Å². The molecule has 0 radical (unpaired) electrons. The highest BCUT2D eigenvalue weighted by Gasteiger charge is 2.41. The molecule has 0 saturated carbocycles. The molecule has 0 aliphatic heterocycles. The number of halogens is 1. The minimum Gasteiger partial charge on any atom is -0.469 e. The average molecular weight is 294 g/mol. The van der Waals surface area contributed by atoms with Gasteiger partial charge in [-0.1, -0.05) is 28.1 Å². The first-order chi connectivity index (χ1) is 8.13. The molecule has 0 bridgehead atoms. The van der Waals surface area contributed by atoms with Crippen LogP contribution in [-0.4, -0.2) is 13.1 Å². The van der Waals surface area contributed by atoms with E-state index >= 15 is 0 Å². The molecule has 88 valence electrons. The normalized spacial score (nSPS) is 21.7. The average Bonchev–Trinajstić information content (AvgIpc) is 2.70. The molecule has 1 aromatic carbocycles. The number of nitriles is 1. The lowest BCUT2D eigenvalue weighted by molar-refractivity contribution is -0.141. The number of rotatable bonds is 2. The number of fused-ring (bicyclic) bond motifs is 1. The molecule has 1 aromatic rings. The van der Waals surface area contributed by atoms with Gasteiger partial charge in [0.2, 0.25) is 0 Å². The molecule has 1 aliphatic carbocycles. The Morgan fingerprint density at radius 3 is 3.06 bits per heavy atom.